The minimum atomic E-state index is -4.31. The molecule has 1 aliphatic rings. The summed E-state index contributed by atoms with van der Waals surface area (Å²) in [5.41, 5.74) is 2.25. The average Bonchev–Trinajstić information content (AvgIpc) is 2.40. The standard InChI is InChI=1S/C15H20F3NO/c1-3-19-14-12-7-5-4-6-11(12)8-9-13(14)20-10(2)15(16,17)18/h4-7,10,13-14,19H,3,8-9H2,1-2H3. The second-order valence-corrected chi connectivity index (χ2v) is 5.13. The molecule has 0 saturated carbocycles. The van der Waals surface area contributed by atoms with Crippen LogP contribution in [0.5, 0.6) is 0 Å². The van der Waals surface area contributed by atoms with Crippen molar-refractivity contribution in [2.24, 2.45) is 0 Å². The first-order valence-electron chi connectivity index (χ1n) is 6.96. The summed E-state index contributed by atoms with van der Waals surface area (Å²) in [5, 5.41) is 3.26. The fourth-order valence-electron chi connectivity index (χ4n) is 2.68. The van der Waals surface area contributed by atoms with Crippen LogP contribution in [-0.4, -0.2) is 24.9 Å². The fourth-order valence-corrected chi connectivity index (χ4v) is 2.68. The lowest BCUT2D eigenvalue weighted by Gasteiger charge is -2.36. The summed E-state index contributed by atoms with van der Waals surface area (Å²) in [6.45, 7) is 3.71. The summed E-state index contributed by atoms with van der Waals surface area (Å²) < 4.78 is 43.3. The van der Waals surface area contributed by atoms with Gasteiger partial charge in [-0.25, -0.2) is 0 Å². The summed E-state index contributed by atoms with van der Waals surface area (Å²) in [5.74, 6) is 0. The summed E-state index contributed by atoms with van der Waals surface area (Å²) in [7, 11) is 0. The maximum Gasteiger partial charge on any atom is 0.414 e. The van der Waals surface area contributed by atoms with Crippen molar-refractivity contribution < 1.29 is 17.9 Å². The van der Waals surface area contributed by atoms with E-state index in [-0.39, 0.29) is 6.04 Å². The van der Waals surface area contributed by atoms with E-state index in [9.17, 15) is 13.2 Å². The number of nitrogens with one attached hydrogen (secondary N) is 1. The number of hydrogen-bond acceptors (Lipinski definition) is 2. The maximum absolute atomic E-state index is 12.7. The van der Waals surface area contributed by atoms with Crippen molar-refractivity contribution in [3.63, 3.8) is 0 Å². The van der Waals surface area contributed by atoms with Gasteiger partial charge >= 0.3 is 6.18 Å². The van der Waals surface area contributed by atoms with Crippen molar-refractivity contribution in [3.05, 3.63) is 35.4 Å². The van der Waals surface area contributed by atoms with Crippen LogP contribution in [0.25, 0.3) is 0 Å². The van der Waals surface area contributed by atoms with Crippen molar-refractivity contribution in [3.8, 4) is 0 Å². The van der Waals surface area contributed by atoms with Crippen LogP contribution in [0.2, 0.25) is 0 Å². The molecule has 0 spiro atoms. The largest absolute Gasteiger partial charge is 0.414 e. The Kier molecular flexibility index (Phi) is 4.70. The van der Waals surface area contributed by atoms with E-state index >= 15 is 0 Å². The molecule has 1 N–H and O–H groups in total. The van der Waals surface area contributed by atoms with Gasteiger partial charge in [0.25, 0.3) is 0 Å². The van der Waals surface area contributed by atoms with E-state index in [0.29, 0.717) is 13.0 Å². The van der Waals surface area contributed by atoms with Crippen molar-refractivity contribution in [2.75, 3.05) is 6.54 Å². The Balaban J connectivity index is 2.18. The first-order chi connectivity index (χ1) is 9.43. The number of aryl methyl sites for hydroxylation is 1. The summed E-state index contributed by atoms with van der Waals surface area (Å²) in [6.07, 6.45) is -5.13. The van der Waals surface area contributed by atoms with Crippen molar-refractivity contribution in [1.82, 2.24) is 5.32 Å². The SMILES string of the molecule is CCNC1c2ccccc2CCC1OC(C)C(F)(F)F. The van der Waals surface area contributed by atoms with E-state index in [0.717, 1.165) is 18.9 Å². The van der Waals surface area contributed by atoms with Crippen LogP contribution in [-0.2, 0) is 11.2 Å². The molecule has 1 aromatic rings. The summed E-state index contributed by atoms with van der Waals surface area (Å²) >= 11 is 0. The van der Waals surface area contributed by atoms with Crippen LogP contribution >= 0.6 is 0 Å². The third-order valence-corrected chi connectivity index (χ3v) is 3.72. The van der Waals surface area contributed by atoms with Gasteiger partial charge in [0.2, 0.25) is 0 Å². The minimum absolute atomic E-state index is 0.172. The number of fused-ring (bicyclic) bond motifs is 1. The zero-order valence-corrected chi connectivity index (χ0v) is 11.7. The molecule has 0 amide bonds. The number of benzene rings is 1. The number of hydrogen-bond donors (Lipinski definition) is 1. The van der Waals surface area contributed by atoms with Crippen molar-refractivity contribution in [2.45, 2.75) is 51.1 Å². The van der Waals surface area contributed by atoms with Crippen LogP contribution in [0, 0.1) is 0 Å². The molecule has 0 radical (unpaired) electrons. The zero-order chi connectivity index (χ0) is 14.8. The number of halogens is 3. The van der Waals surface area contributed by atoms with Gasteiger partial charge in [-0.3, -0.25) is 0 Å². The molecule has 1 aliphatic carbocycles. The van der Waals surface area contributed by atoms with E-state index < -0.39 is 18.4 Å². The predicted octanol–water partition coefficient (Wildman–Crippen LogP) is 3.62. The highest BCUT2D eigenvalue weighted by atomic mass is 19.4. The lowest BCUT2D eigenvalue weighted by atomic mass is 9.85. The Morgan fingerprint density at radius 1 is 1.35 bits per heavy atom. The Morgan fingerprint density at radius 3 is 2.70 bits per heavy atom. The Bertz CT molecular complexity index is 447. The van der Waals surface area contributed by atoms with Crippen LogP contribution in [0.3, 0.4) is 0 Å². The van der Waals surface area contributed by atoms with E-state index in [1.54, 1.807) is 0 Å². The van der Waals surface area contributed by atoms with Gasteiger partial charge in [-0.1, -0.05) is 31.2 Å². The number of alkyl halides is 3. The minimum Gasteiger partial charge on any atom is -0.364 e. The van der Waals surface area contributed by atoms with E-state index in [1.165, 1.54) is 5.56 Å². The molecule has 0 aliphatic heterocycles. The fraction of sp³-hybridized carbons (Fsp3) is 0.600. The molecule has 112 valence electrons. The molecular formula is C15H20F3NO. The molecule has 1 aromatic carbocycles. The quantitative estimate of drug-likeness (QED) is 0.913. The molecule has 0 heterocycles. The van der Waals surface area contributed by atoms with E-state index in [4.69, 9.17) is 4.74 Å². The first kappa shape index (κ1) is 15.3. The molecule has 2 nitrogen and oxygen atoms in total. The van der Waals surface area contributed by atoms with Crippen LogP contribution in [0.1, 0.15) is 37.4 Å². The highest BCUT2D eigenvalue weighted by molar-refractivity contribution is 5.33. The first-order valence-corrected chi connectivity index (χ1v) is 6.96. The summed E-state index contributed by atoms with van der Waals surface area (Å²) in [4.78, 5) is 0. The molecule has 0 bridgehead atoms. The van der Waals surface area contributed by atoms with Crippen molar-refractivity contribution in [1.29, 1.82) is 0 Å². The van der Waals surface area contributed by atoms with Gasteiger partial charge in [-0.2, -0.15) is 13.2 Å². The number of rotatable bonds is 4. The number of ether oxygens (including phenoxy) is 1. The molecule has 0 saturated heterocycles. The molecule has 2 rings (SSSR count). The molecule has 3 atom stereocenters. The average molecular weight is 287 g/mol. The van der Waals surface area contributed by atoms with Crippen LogP contribution in [0.4, 0.5) is 13.2 Å². The third kappa shape index (κ3) is 3.33. The van der Waals surface area contributed by atoms with E-state index in [1.807, 2.05) is 31.2 Å². The second-order valence-electron chi connectivity index (χ2n) is 5.13. The zero-order valence-electron chi connectivity index (χ0n) is 11.7. The molecule has 0 aromatic heterocycles. The third-order valence-electron chi connectivity index (χ3n) is 3.72. The summed E-state index contributed by atoms with van der Waals surface area (Å²) in [6, 6.07) is 7.70. The maximum atomic E-state index is 12.7. The Hall–Kier alpha value is -1.07. The Labute approximate surface area is 117 Å². The number of likely N-dealkylation sites (N-methyl/N-ethyl adjacent to an activating group) is 1. The highest BCUT2D eigenvalue weighted by Crippen LogP contribution is 2.34. The van der Waals surface area contributed by atoms with Gasteiger partial charge in [-0.05, 0) is 37.4 Å². The molecular weight excluding hydrogens is 267 g/mol. The lowest BCUT2D eigenvalue weighted by molar-refractivity contribution is -0.231. The van der Waals surface area contributed by atoms with Crippen molar-refractivity contribution >= 4 is 0 Å². The lowest BCUT2D eigenvalue weighted by Crippen LogP contribution is -2.42. The highest BCUT2D eigenvalue weighted by Gasteiger charge is 2.41. The van der Waals surface area contributed by atoms with Gasteiger partial charge in [0.05, 0.1) is 12.1 Å². The van der Waals surface area contributed by atoms with Gasteiger partial charge < -0.3 is 10.1 Å². The van der Waals surface area contributed by atoms with Gasteiger partial charge in [-0.15, -0.1) is 0 Å². The van der Waals surface area contributed by atoms with Gasteiger partial charge in [0.1, 0.15) is 0 Å². The smallest absolute Gasteiger partial charge is 0.364 e. The Morgan fingerprint density at radius 2 is 2.05 bits per heavy atom. The second kappa shape index (κ2) is 6.14. The monoisotopic (exact) mass is 287 g/mol. The molecule has 20 heavy (non-hydrogen) atoms. The van der Waals surface area contributed by atoms with Gasteiger partial charge in [0.15, 0.2) is 6.10 Å². The topological polar surface area (TPSA) is 21.3 Å². The molecule has 5 heteroatoms. The molecule has 3 unspecified atom stereocenters. The van der Waals surface area contributed by atoms with Gasteiger partial charge in [0, 0.05) is 0 Å². The van der Waals surface area contributed by atoms with Crippen LogP contribution < -0.4 is 5.32 Å². The normalized spacial score (nSPS) is 24.2. The van der Waals surface area contributed by atoms with E-state index in [2.05, 4.69) is 5.32 Å². The van der Waals surface area contributed by atoms with Crippen LogP contribution in [0.15, 0.2) is 24.3 Å². The predicted molar refractivity (Wildman–Crippen MR) is 71.6 cm³/mol. The molecule has 0 fully saturated rings.